The fourth-order valence-electron chi connectivity index (χ4n) is 0.821. The molecule has 0 aliphatic carbocycles. The normalized spacial score (nSPS) is 9.81. The average molecular weight is 223 g/mol. The van der Waals surface area contributed by atoms with Crippen molar-refractivity contribution in [2.24, 2.45) is 0 Å². The van der Waals surface area contributed by atoms with Crippen LogP contribution in [0.2, 0.25) is 0 Å². The van der Waals surface area contributed by atoms with Crippen molar-refractivity contribution in [3.05, 3.63) is 0 Å². The molecule has 6 nitrogen and oxygen atoms in total. The lowest BCUT2D eigenvalue weighted by atomic mass is 10.2. The maximum Gasteiger partial charge on any atom is 0.397 e. The van der Waals surface area contributed by atoms with Crippen LogP contribution in [0.4, 0.5) is 0 Å². The Morgan fingerprint density at radius 1 is 1.19 bits per heavy atom. The molecule has 1 amide bonds. The average Bonchev–Trinajstić information content (AvgIpc) is 2.13. The second-order valence-electron chi connectivity index (χ2n) is 3.98. The van der Waals surface area contributed by atoms with Gasteiger partial charge in [-0.3, -0.25) is 4.79 Å². The van der Waals surface area contributed by atoms with Crippen LogP contribution in [0.15, 0.2) is 0 Å². The van der Waals surface area contributed by atoms with Gasteiger partial charge >= 0.3 is 11.9 Å². The van der Waals surface area contributed by atoms with Gasteiger partial charge in [-0.15, -0.1) is 0 Å². The molecule has 0 rings (SSSR count). The van der Waals surface area contributed by atoms with Gasteiger partial charge in [0.1, 0.15) is 18.7 Å². The van der Waals surface area contributed by atoms with E-state index in [0.29, 0.717) is 0 Å². The first kappa shape index (κ1) is 13.9. The molecule has 0 aromatic rings. The highest BCUT2D eigenvalue weighted by Crippen LogP contribution is 2.07. The molecule has 0 aliphatic rings. The summed E-state index contributed by atoms with van der Waals surface area (Å²) in [5.41, 5.74) is -0.780. The van der Waals surface area contributed by atoms with Gasteiger partial charge in [0.15, 0.2) is 0 Å². The number of nitriles is 2. The summed E-state index contributed by atoms with van der Waals surface area (Å²) in [6.45, 7) is 4.24. The summed E-state index contributed by atoms with van der Waals surface area (Å²) in [7, 11) is 0. The minimum atomic E-state index is -1.06. The first-order valence-electron chi connectivity index (χ1n) is 4.58. The second kappa shape index (κ2) is 5.72. The van der Waals surface area contributed by atoms with Crippen LogP contribution in [0.25, 0.3) is 0 Å². The minimum Gasteiger partial charge on any atom is -0.453 e. The quantitative estimate of drug-likeness (QED) is 0.378. The highest BCUT2D eigenvalue weighted by molar-refractivity contribution is 6.32. The monoisotopic (exact) mass is 223 g/mol. The third kappa shape index (κ3) is 4.97. The maximum absolute atomic E-state index is 11.4. The molecule has 0 aromatic carbocycles. The third-order valence-corrected chi connectivity index (χ3v) is 1.38. The van der Waals surface area contributed by atoms with Crippen LogP contribution >= 0.6 is 0 Å². The Morgan fingerprint density at radius 3 is 1.94 bits per heavy atom. The summed E-state index contributed by atoms with van der Waals surface area (Å²) in [5, 5.41) is 16.8. The topological polar surface area (TPSA) is 94.2 Å². The summed E-state index contributed by atoms with van der Waals surface area (Å²) >= 11 is 0. The van der Waals surface area contributed by atoms with Crippen LogP contribution < -0.4 is 0 Å². The lowest BCUT2D eigenvalue weighted by Crippen LogP contribution is -2.40. The summed E-state index contributed by atoms with van der Waals surface area (Å²) in [6, 6.07) is 3.39. The van der Waals surface area contributed by atoms with Gasteiger partial charge in [-0.05, 0) is 20.8 Å². The minimum absolute atomic E-state index is 0.314. The van der Waals surface area contributed by atoms with E-state index in [-0.39, 0.29) is 13.1 Å². The van der Waals surface area contributed by atoms with Crippen LogP contribution in [0, 0.1) is 22.7 Å². The Bertz CT molecular complexity index is 341. The highest BCUT2D eigenvalue weighted by atomic mass is 16.6. The molecule has 0 saturated heterocycles. The zero-order valence-corrected chi connectivity index (χ0v) is 9.48. The van der Waals surface area contributed by atoms with Crippen molar-refractivity contribution >= 4 is 11.9 Å². The Hall–Kier alpha value is -2.08. The molecule has 0 bridgehead atoms. The zero-order valence-electron chi connectivity index (χ0n) is 9.48. The van der Waals surface area contributed by atoms with E-state index in [1.807, 2.05) is 0 Å². The van der Waals surface area contributed by atoms with E-state index < -0.39 is 17.5 Å². The first-order chi connectivity index (χ1) is 7.31. The van der Waals surface area contributed by atoms with Gasteiger partial charge in [0.2, 0.25) is 0 Å². The largest absolute Gasteiger partial charge is 0.453 e. The smallest absolute Gasteiger partial charge is 0.397 e. The molecule has 6 heteroatoms. The summed E-state index contributed by atoms with van der Waals surface area (Å²) in [5.74, 6) is -2.03. The van der Waals surface area contributed by atoms with Gasteiger partial charge < -0.3 is 9.64 Å². The molecule has 0 atom stereocenters. The Kier molecular flexibility index (Phi) is 4.97. The number of carbonyl (C=O) groups is 2. The van der Waals surface area contributed by atoms with E-state index in [2.05, 4.69) is 0 Å². The second-order valence-corrected chi connectivity index (χ2v) is 3.98. The molecule has 0 heterocycles. The van der Waals surface area contributed by atoms with E-state index in [4.69, 9.17) is 15.3 Å². The number of amides is 1. The van der Waals surface area contributed by atoms with Gasteiger partial charge in [0.05, 0.1) is 12.1 Å². The van der Waals surface area contributed by atoms with Crippen molar-refractivity contribution in [2.75, 3.05) is 13.1 Å². The van der Waals surface area contributed by atoms with Gasteiger partial charge in [-0.1, -0.05) is 0 Å². The van der Waals surface area contributed by atoms with Crippen LogP contribution in [-0.4, -0.2) is 35.5 Å². The van der Waals surface area contributed by atoms with Crippen molar-refractivity contribution in [3.8, 4) is 12.1 Å². The van der Waals surface area contributed by atoms with Crippen molar-refractivity contribution in [2.45, 2.75) is 26.4 Å². The Balaban J connectivity index is 4.58. The molecule has 0 saturated carbocycles. The van der Waals surface area contributed by atoms with Crippen molar-refractivity contribution in [1.82, 2.24) is 4.90 Å². The lowest BCUT2D eigenvalue weighted by molar-refractivity contribution is -0.167. The third-order valence-electron chi connectivity index (χ3n) is 1.38. The molecule has 0 aromatic heterocycles. The van der Waals surface area contributed by atoms with Crippen molar-refractivity contribution in [3.63, 3.8) is 0 Å². The molecular weight excluding hydrogens is 210 g/mol. The van der Waals surface area contributed by atoms with E-state index in [9.17, 15) is 9.59 Å². The van der Waals surface area contributed by atoms with Crippen LogP contribution in [0.1, 0.15) is 20.8 Å². The molecule has 0 spiro atoms. The fourth-order valence-corrected chi connectivity index (χ4v) is 0.821. The van der Waals surface area contributed by atoms with Gasteiger partial charge in [0.25, 0.3) is 0 Å². The molecule has 0 aliphatic heterocycles. The molecule has 0 fully saturated rings. The number of esters is 1. The van der Waals surface area contributed by atoms with Crippen molar-refractivity contribution < 1.29 is 14.3 Å². The fraction of sp³-hybridized carbons (Fsp3) is 0.600. The molecule has 0 N–H and O–H groups in total. The molecule has 0 unspecified atom stereocenters. The predicted molar refractivity (Wildman–Crippen MR) is 53.7 cm³/mol. The molecule has 86 valence electrons. The summed E-state index contributed by atoms with van der Waals surface area (Å²) in [6.07, 6.45) is 0. The first-order valence-corrected chi connectivity index (χ1v) is 4.58. The summed E-state index contributed by atoms with van der Waals surface area (Å²) < 4.78 is 4.82. The Morgan fingerprint density at radius 2 is 1.62 bits per heavy atom. The highest BCUT2D eigenvalue weighted by Gasteiger charge is 2.27. The van der Waals surface area contributed by atoms with Gasteiger partial charge in [-0.25, -0.2) is 4.79 Å². The molecular formula is C10H13N3O3. The van der Waals surface area contributed by atoms with Gasteiger partial charge in [0, 0.05) is 0 Å². The number of carbonyl (C=O) groups excluding carboxylic acids is 2. The van der Waals surface area contributed by atoms with Crippen molar-refractivity contribution in [1.29, 1.82) is 10.5 Å². The molecule has 16 heavy (non-hydrogen) atoms. The molecule has 0 radical (unpaired) electrons. The van der Waals surface area contributed by atoms with E-state index in [1.54, 1.807) is 32.9 Å². The van der Waals surface area contributed by atoms with E-state index >= 15 is 0 Å². The van der Waals surface area contributed by atoms with Crippen LogP contribution in [0.5, 0.6) is 0 Å². The summed E-state index contributed by atoms with van der Waals surface area (Å²) in [4.78, 5) is 23.6. The number of hydrogen-bond acceptors (Lipinski definition) is 5. The Labute approximate surface area is 94.0 Å². The standard InChI is InChI=1S/C10H13N3O3/c1-10(2,3)16-9(15)8(14)13(6-4-11)7-5-12/h6-7H2,1-3H3. The number of nitrogens with zero attached hydrogens (tertiary/aromatic N) is 3. The zero-order chi connectivity index (χ0) is 12.8. The number of rotatable bonds is 2. The van der Waals surface area contributed by atoms with E-state index in [1.165, 1.54) is 0 Å². The van der Waals surface area contributed by atoms with Crippen LogP contribution in [-0.2, 0) is 14.3 Å². The lowest BCUT2D eigenvalue weighted by Gasteiger charge is -2.21. The number of hydrogen-bond donors (Lipinski definition) is 0. The van der Waals surface area contributed by atoms with Gasteiger partial charge in [-0.2, -0.15) is 10.5 Å². The van der Waals surface area contributed by atoms with E-state index in [0.717, 1.165) is 4.90 Å². The predicted octanol–water partition coefficient (Wildman–Crippen LogP) is 0.204. The van der Waals surface area contributed by atoms with Crippen LogP contribution in [0.3, 0.4) is 0 Å². The number of ether oxygens (including phenoxy) is 1. The maximum atomic E-state index is 11.4. The SMILES string of the molecule is CC(C)(C)OC(=O)C(=O)N(CC#N)CC#N.